The maximum Gasteiger partial charge on any atom is 0.410 e. The number of carbonyl (C=O) groups excluding carboxylic acids is 1. The van der Waals surface area contributed by atoms with Crippen LogP contribution in [0.4, 0.5) is 4.79 Å². The Morgan fingerprint density at radius 1 is 1.42 bits per heavy atom. The van der Waals surface area contributed by atoms with E-state index in [2.05, 4.69) is 0 Å². The third-order valence-electron chi connectivity index (χ3n) is 3.72. The van der Waals surface area contributed by atoms with Crippen LogP contribution >= 0.6 is 0 Å². The second-order valence-corrected chi connectivity index (χ2v) is 6.35. The summed E-state index contributed by atoms with van der Waals surface area (Å²) in [5.41, 5.74) is 4.17. The fourth-order valence-electron chi connectivity index (χ4n) is 2.55. The molecule has 1 rings (SSSR count). The third-order valence-corrected chi connectivity index (χ3v) is 3.72. The minimum absolute atomic E-state index is 0.160. The van der Waals surface area contributed by atoms with Gasteiger partial charge in [0.2, 0.25) is 0 Å². The Hall–Kier alpha value is -0.810. The van der Waals surface area contributed by atoms with Crippen LogP contribution in [0.2, 0.25) is 0 Å². The van der Waals surface area contributed by atoms with Gasteiger partial charge in [-0.25, -0.2) is 4.79 Å². The lowest BCUT2D eigenvalue weighted by molar-refractivity contribution is -0.0654. The molecule has 1 fully saturated rings. The summed E-state index contributed by atoms with van der Waals surface area (Å²) in [5, 5.41) is 10.6. The van der Waals surface area contributed by atoms with E-state index in [0.717, 1.165) is 19.3 Å². The first-order valence-electron chi connectivity index (χ1n) is 7.15. The molecule has 2 unspecified atom stereocenters. The summed E-state index contributed by atoms with van der Waals surface area (Å²) in [6.07, 6.45) is 2.92. The molecule has 0 aromatic carbocycles. The van der Waals surface area contributed by atoms with Crippen molar-refractivity contribution in [3.63, 3.8) is 0 Å². The molecule has 3 N–H and O–H groups in total. The minimum atomic E-state index is -1.02. The second-order valence-electron chi connectivity index (χ2n) is 6.35. The van der Waals surface area contributed by atoms with Gasteiger partial charge in [0.05, 0.1) is 11.6 Å². The van der Waals surface area contributed by atoms with Gasteiger partial charge in [0.25, 0.3) is 0 Å². The third kappa shape index (κ3) is 4.08. The highest BCUT2D eigenvalue weighted by molar-refractivity contribution is 5.69. The number of rotatable bonds is 3. The number of nitrogens with zero attached hydrogens (tertiary/aromatic N) is 1. The predicted octanol–water partition coefficient (Wildman–Crippen LogP) is 1.88. The SMILES string of the molecule is CCC(O)(CN)C1CCCCN1C(=O)OC(C)(C)C. The first-order chi connectivity index (χ1) is 8.73. The number of aliphatic hydroxyl groups is 1. The molecule has 5 nitrogen and oxygen atoms in total. The average molecular weight is 272 g/mol. The van der Waals surface area contributed by atoms with Crippen molar-refractivity contribution in [3.05, 3.63) is 0 Å². The van der Waals surface area contributed by atoms with Crippen molar-refractivity contribution >= 4 is 6.09 Å². The van der Waals surface area contributed by atoms with Crippen molar-refractivity contribution < 1.29 is 14.6 Å². The van der Waals surface area contributed by atoms with Gasteiger partial charge in [-0.1, -0.05) is 6.92 Å². The van der Waals surface area contributed by atoms with Crippen LogP contribution in [-0.2, 0) is 4.74 Å². The Morgan fingerprint density at radius 3 is 2.53 bits per heavy atom. The van der Waals surface area contributed by atoms with Crippen LogP contribution in [0, 0.1) is 0 Å². The number of amides is 1. The number of ether oxygens (including phenoxy) is 1. The summed E-state index contributed by atoms with van der Waals surface area (Å²) >= 11 is 0. The van der Waals surface area contributed by atoms with E-state index in [1.54, 1.807) is 4.90 Å². The van der Waals surface area contributed by atoms with Crippen LogP contribution < -0.4 is 5.73 Å². The molecular formula is C14H28N2O3. The minimum Gasteiger partial charge on any atom is -0.444 e. The van der Waals surface area contributed by atoms with Crippen molar-refractivity contribution in [1.82, 2.24) is 4.90 Å². The quantitative estimate of drug-likeness (QED) is 0.822. The zero-order valence-corrected chi connectivity index (χ0v) is 12.6. The molecule has 0 spiro atoms. The summed E-state index contributed by atoms with van der Waals surface area (Å²) in [4.78, 5) is 13.9. The Morgan fingerprint density at radius 2 is 2.05 bits per heavy atom. The molecule has 5 heteroatoms. The monoisotopic (exact) mass is 272 g/mol. The van der Waals surface area contributed by atoms with Crippen LogP contribution in [0.5, 0.6) is 0 Å². The number of nitrogens with two attached hydrogens (primary N) is 1. The Balaban J connectivity index is 2.86. The standard InChI is InChI=1S/C14H28N2O3/c1-5-14(18,10-15)11-8-6-7-9-16(11)12(17)19-13(2,3)4/h11,18H,5-10,15H2,1-4H3. The largest absolute Gasteiger partial charge is 0.444 e. The normalized spacial score (nSPS) is 23.9. The molecule has 0 aromatic heterocycles. The summed E-state index contributed by atoms with van der Waals surface area (Å²) in [6, 6.07) is -0.244. The molecule has 0 bridgehead atoms. The van der Waals surface area contributed by atoms with Gasteiger partial charge in [-0.3, -0.25) is 0 Å². The first-order valence-corrected chi connectivity index (χ1v) is 7.15. The molecule has 0 aliphatic carbocycles. The van der Waals surface area contributed by atoms with Crippen molar-refractivity contribution in [2.45, 2.75) is 70.6 Å². The topological polar surface area (TPSA) is 75.8 Å². The number of piperidine rings is 1. The maximum atomic E-state index is 12.3. The van der Waals surface area contributed by atoms with Crippen LogP contribution in [0.1, 0.15) is 53.4 Å². The molecule has 1 heterocycles. The highest BCUT2D eigenvalue weighted by Gasteiger charge is 2.42. The lowest BCUT2D eigenvalue weighted by Gasteiger charge is -2.44. The van der Waals surface area contributed by atoms with Crippen LogP contribution in [0.15, 0.2) is 0 Å². The molecule has 19 heavy (non-hydrogen) atoms. The molecule has 1 amide bonds. The van der Waals surface area contributed by atoms with Crippen LogP contribution in [0.3, 0.4) is 0 Å². The molecular weight excluding hydrogens is 244 g/mol. The van der Waals surface area contributed by atoms with E-state index in [0.29, 0.717) is 13.0 Å². The van der Waals surface area contributed by atoms with E-state index in [1.165, 1.54) is 0 Å². The zero-order chi connectivity index (χ0) is 14.7. The van der Waals surface area contributed by atoms with E-state index >= 15 is 0 Å². The summed E-state index contributed by atoms with van der Waals surface area (Å²) in [7, 11) is 0. The Bertz CT molecular complexity index is 308. The maximum absolute atomic E-state index is 12.3. The number of carbonyl (C=O) groups is 1. The van der Waals surface area contributed by atoms with E-state index < -0.39 is 11.2 Å². The van der Waals surface area contributed by atoms with Crippen molar-refractivity contribution in [2.24, 2.45) is 5.73 Å². The predicted molar refractivity (Wildman–Crippen MR) is 74.9 cm³/mol. The molecule has 0 aromatic rings. The van der Waals surface area contributed by atoms with Gasteiger partial charge < -0.3 is 20.5 Å². The van der Waals surface area contributed by atoms with Gasteiger partial charge in [-0.05, 0) is 46.5 Å². The number of likely N-dealkylation sites (tertiary alicyclic amines) is 1. The molecule has 0 radical (unpaired) electrons. The average Bonchev–Trinajstić information content (AvgIpc) is 2.36. The molecule has 2 atom stereocenters. The van der Waals surface area contributed by atoms with E-state index in [4.69, 9.17) is 10.5 Å². The Kier molecular flexibility index (Phi) is 5.21. The van der Waals surface area contributed by atoms with Gasteiger partial charge in [0.1, 0.15) is 5.60 Å². The lowest BCUT2D eigenvalue weighted by Crippen LogP contribution is -2.60. The molecule has 0 saturated carbocycles. The van der Waals surface area contributed by atoms with Gasteiger partial charge >= 0.3 is 6.09 Å². The molecule has 1 aliphatic rings. The van der Waals surface area contributed by atoms with Crippen LogP contribution in [0.25, 0.3) is 0 Å². The highest BCUT2D eigenvalue weighted by Crippen LogP contribution is 2.29. The first kappa shape index (κ1) is 16.2. The van der Waals surface area contributed by atoms with Crippen molar-refractivity contribution in [3.8, 4) is 0 Å². The molecule has 112 valence electrons. The fourth-order valence-corrected chi connectivity index (χ4v) is 2.55. The van der Waals surface area contributed by atoms with E-state index in [1.807, 2.05) is 27.7 Å². The molecule has 1 aliphatic heterocycles. The number of hydrogen-bond donors (Lipinski definition) is 2. The smallest absolute Gasteiger partial charge is 0.410 e. The Labute approximate surface area is 116 Å². The van der Waals surface area contributed by atoms with Crippen LogP contribution in [-0.4, -0.2) is 46.4 Å². The zero-order valence-electron chi connectivity index (χ0n) is 12.6. The number of hydrogen-bond acceptors (Lipinski definition) is 4. The lowest BCUT2D eigenvalue weighted by atomic mass is 9.84. The van der Waals surface area contributed by atoms with Crippen molar-refractivity contribution in [2.75, 3.05) is 13.1 Å². The summed E-state index contributed by atoms with van der Waals surface area (Å²) in [5.74, 6) is 0. The van der Waals surface area contributed by atoms with E-state index in [-0.39, 0.29) is 18.7 Å². The van der Waals surface area contributed by atoms with Gasteiger partial charge in [-0.2, -0.15) is 0 Å². The van der Waals surface area contributed by atoms with E-state index in [9.17, 15) is 9.90 Å². The van der Waals surface area contributed by atoms with Gasteiger partial charge in [0, 0.05) is 13.1 Å². The fraction of sp³-hybridized carbons (Fsp3) is 0.929. The summed E-state index contributed by atoms with van der Waals surface area (Å²) < 4.78 is 5.43. The van der Waals surface area contributed by atoms with Gasteiger partial charge in [-0.15, -0.1) is 0 Å². The summed E-state index contributed by atoms with van der Waals surface area (Å²) in [6.45, 7) is 8.22. The molecule has 1 saturated heterocycles. The highest BCUT2D eigenvalue weighted by atomic mass is 16.6. The van der Waals surface area contributed by atoms with Gasteiger partial charge in [0.15, 0.2) is 0 Å². The second kappa shape index (κ2) is 6.09. The van der Waals surface area contributed by atoms with Crippen molar-refractivity contribution in [1.29, 1.82) is 0 Å².